The zero-order valence-corrected chi connectivity index (χ0v) is 13.6. The highest BCUT2D eigenvalue weighted by atomic mass is 32.2. The van der Waals surface area contributed by atoms with E-state index in [-0.39, 0.29) is 6.04 Å². The molecule has 2 fully saturated rings. The van der Waals surface area contributed by atoms with Gasteiger partial charge in [0.15, 0.2) is 0 Å². The second kappa shape index (κ2) is 6.09. The number of hydrogen-bond donors (Lipinski definition) is 0. The molecule has 1 saturated heterocycles. The third kappa shape index (κ3) is 2.88. The summed E-state index contributed by atoms with van der Waals surface area (Å²) >= 11 is 0. The molecular formula is C17H25NO2S. The first kappa shape index (κ1) is 15.0. The normalized spacial score (nSPS) is 25.3. The predicted molar refractivity (Wildman–Crippen MR) is 84.7 cm³/mol. The maximum Gasteiger partial charge on any atom is 0.243 e. The zero-order chi connectivity index (χ0) is 14.9. The van der Waals surface area contributed by atoms with Crippen molar-refractivity contribution >= 4 is 10.0 Å². The Hall–Kier alpha value is -0.870. The van der Waals surface area contributed by atoms with Crippen LogP contribution in [0.1, 0.15) is 50.5 Å². The molecule has 1 aromatic rings. The number of aryl methyl sites for hydroxylation is 1. The molecule has 1 unspecified atom stereocenters. The second-order valence-corrected chi connectivity index (χ2v) is 8.35. The molecule has 1 aliphatic carbocycles. The highest BCUT2D eigenvalue weighted by molar-refractivity contribution is 7.89. The average Bonchev–Trinajstić information content (AvgIpc) is 2.99. The van der Waals surface area contributed by atoms with E-state index in [1.54, 1.807) is 6.07 Å². The molecule has 0 radical (unpaired) electrons. The lowest BCUT2D eigenvalue weighted by Gasteiger charge is -2.33. The molecule has 3 nitrogen and oxygen atoms in total. The maximum absolute atomic E-state index is 13.0. The van der Waals surface area contributed by atoms with Crippen LogP contribution in [0.3, 0.4) is 0 Å². The molecule has 1 heterocycles. The van der Waals surface area contributed by atoms with Gasteiger partial charge in [-0.3, -0.25) is 0 Å². The van der Waals surface area contributed by atoms with Crippen molar-refractivity contribution in [1.29, 1.82) is 0 Å². The van der Waals surface area contributed by atoms with Crippen molar-refractivity contribution in [2.45, 2.75) is 62.8 Å². The Balaban J connectivity index is 1.89. The molecule has 116 valence electrons. The predicted octanol–water partition coefficient (Wildman–Crippen LogP) is 3.73. The number of sulfonamides is 1. The van der Waals surface area contributed by atoms with E-state index >= 15 is 0 Å². The lowest BCUT2D eigenvalue weighted by molar-refractivity contribution is 0.226. The van der Waals surface area contributed by atoms with Gasteiger partial charge in [-0.2, -0.15) is 4.31 Å². The standard InChI is InChI=1S/C17H25NO2S/c1-14-8-5-6-12-17(14)21(19,20)18-13-7-11-16(18)15-9-3-2-4-10-15/h5-6,8,12,15-16H,2-4,7,9-11,13H2,1H3. The van der Waals surface area contributed by atoms with Crippen LogP contribution < -0.4 is 0 Å². The van der Waals surface area contributed by atoms with Crippen molar-refractivity contribution in [3.8, 4) is 0 Å². The zero-order valence-electron chi connectivity index (χ0n) is 12.8. The molecule has 1 aliphatic heterocycles. The van der Waals surface area contributed by atoms with Gasteiger partial charge in [-0.25, -0.2) is 8.42 Å². The van der Waals surface area contributed by atoms with E-state index in [1.165, 1.54) is 32.1 Å². The van der Waals surface area contributed by atoms with Crippen LogP contribution in [0.4, 0.5) is 0 Å². The second-order valence-electron chi connectivity index (χ2n) is 6.49. The van der Waals surface area contributed by atoms with E-state index in [9.17, 15) is 8.42 Å². The van der Waals surface area contributed by atoms with Crippen molar-refractivity contribution in [1.82, 2.24) is 4.31 Å². The van der Waals surface area contributed by atoms with Gasteiger partial charge in [-0.15, -0.1) is 0 Å². The van der Waals surface area contributed by atoms with Crippen molar-refractivity contribution in [2.24, 2.45) is 5.92 Å². The summed E-state index contributed by atoms with van der Waals surface area (Å²) in [6.07, 6.45) is 8.28. The van der Waals surface area contributed by atoms with Crippen LogP contribution >= 0.6 is 0 Å². The largest absolute Gasteiger partial charge is 0.243 e. The fourth-order valence-corrected chi connectivity index (χ4v) is 6.01. The molecule has 0 spiro atoms. The van der Waals surface area contributed by atoms with E-state index in [2.05, 4.69) is 0 Å². The smallest absolute Gasteiger partial charge is 0.207 e. The Morgan fingerprint density at radius 3 is 2.43 bits per heavy atom. The monoisotopic (exact) mass is 307 g/mol. The lowest BCUT2D eigenvalue weighted by atomic mass is 9.83. The van der Waals surface area contributed by atoms with Gasteiger partial charge in [0.05, 0.1) is 4.90 Å². The summed E-state index contributed by atoms with van der Waals surface area (Å²) in [5.41, 5.74) is 0.854. The topological polar surface area (TPSA) is 37.4 Å². The fourth-order valence-electron chi connectivity index (χ4n) is 4.03. The molecule has 1 saturated carbocycles. The van der Waals surface area contributed by atoms with Crippen molar-refractivity contribution in [3.63, 3.8) is 0 Å². The Kier molecular flexibility index (Phi) is 4.36. The minimum Gasteiger partial charge on any atom is -0.207 e. The molecule has 0 bridgehead atoms. The Bertz CT molecular complexity index is 591. The fraction of sp³-hybridized carbons (Fsp3) is 0.647. The molecule has 1 atom stereocenters. The van der Waals surface area contributed by atoms with Crippen LogP contribution in [0.25, 0.3) is 0 Å². The number of benzene rings is 1. The highest BCUT2D eigenvalue weighted by Gasteiger charge is 2.40. The van der Waals surface area contributed by atoms with Crippen LogP contribution in [0.5, 0.6) is 0 Å². The summed E-state index contributed by atoms with van der Waals surface area (Å²) in [7, 11) is -3.33. The minimum absolute atomic E-state index is 0.231. The van der Waals surface area contributed by atoms with Gasteiger partial charge in [-0.1, -0.05) is 37.5 Å². The molecule has 3 rings (SSSR count). The molecule has 0 amide bonds. The van der Waals surface area contributed by atoms with E-state index in [1.807, 2.05) is 29.4 Å². The van der Waals surface area contributed by atoms with Gasteiger partial charge in [0.1, 0.15) is 0 Å². The maximum atomic E-state index is 13.0. The van der Waals surface area contributed by atoms with Crippen LogP contribution in [0.15, 0.2) is 29.2 Å². The Morgan fingerprint density at radius 1 is 1.00 bits per heavy atom. The van der Waals surface area contributed by atoms with E-state index in [0.717, 1.165) is 18.4 Å². The summed E-state index contributed by atoms with van der Waals surface area (Å²) in [4.78, 5) is 0.493. The van der Waals surface area contributed by atoms with Crippen molar-refractivity contribution in [2.75, 3.05) is 6.54 Å². The van der Waals surface area contributed by atoms with Gasteiger partial charge >= 0.3 is 0 Å². The summed E-state index contributed by atoms with van der Waals surface area (Å²) < 4.78 is 27.9. The lowest BCUT2D eigenvalue weighted by Crippen LogP contribution is -2.40. The summed E-state index contributed by atoms with van der Waals surface area (Å²) in [5.74, 6) is 0.569. The summed E-state index contributed by atoms with van der Waals surface area (Å²) in [6.45, 7) is 2.58. The van der Waals surface area contributed by atoms with Gasteiger partial charge in [-0.05, 0) is 50.2 Å². The third-order valence-corrected chi connectivity index (χ3v) is 7.21. The summed E-state index contributed by atoms with van der Waals surface area (Å²) in [5, 5.41) is 0. The first-order valence-electron chi connectivity index (χ1n) is 8.18. The summed E-state index contributed by atoms with van der Waals surface area (Å²) in [6, 6.07) is 7.59. The van der Waals surface area contributed by atoms with E-state index < -0.39 is 10.0 Å². The number of rotatable bonds is 3. The van der Waals surface area contributed by atoms with Crippen LogP contribution in [0.2, 0.25) is 0 Å². The van der Waals surface area contributed by atoms with Gasteiger partial charge < -0.3 is 0 Å². The van der Waals surface area contributed by atoms with Crippen LogP contribution in [0, 0.1) is 12.8 Å². The molecule has 21 heavy (non-hydrogen) atoms. The minimum atomic E-state index is -3.33. The highest BCUT2D eigenvalue weighted by Crippen LogP contribution is 2.37. The molecule has 0 N–H and O–H groups in total. The van der Waals surface area contributed by atoms with Gasteiger partial charge in [0.25, 0.3) is 0 Å². The number of nitrogens with zero attached hydrogens (tertiary/aromatic N) is 1. The number of hydrogen-bond acceptors (Lipinski definition) is 2. The quantitative estimate of drug-likeness (QED) is 0.853. The van der Waals surface area contributed by atoms with Gasteiger partial charge in [0, 0.05) is 12.6 Å². The van der Waals surface area contributed by atoms with Crippen LogP contribution in [-0.4, -0.2) is 25.3 Å². The third-order valence-electron chi connectivity index (χ3n) is 5.12. The van der Waals surface area contributed by atoms with Crippen molar-refractivity contribution < 1.29 is 8.42 Å². The van der Waals surface area contributed by atoms with Gasteiger partial charge in [0.2, 0.25) is 10.0 Å². The first-order valence-corrected chi connectivity index (χ1v) is 9.62. The van der Waals surface area contributed by atoms with Crippen molar-refractivity contribution in [3.05, 3.63) is 29.8 Å². The van der Waals surface area contributed by atoms with Crippen LogP contribution in [-0.2, 0) is 10.0 Å². The molecule has 0 aromatic heterocycles. The molecule has 1 aromatic carbocycles. The van der Waals surface area contributed by atoms with E-state index in [4.69, 9.17) is 0 Å². The Morgan fingerprint density at radius 2 is 1.71 bits per heavy atom. The first-order chi connectivity index (χ1) is 10.1. The SMILES string of the molecule is Cc1ccccc1S(=O)(=O)N1CCCC1C1CCCCC1. The Labute approximate surface area is 128 Å². The van der Waals surface area contributed by atoms with E-state index in [0.29, 0.717) is 17.4 Å². The molecule has 4 heteroatoms. The average molecular weight is 307 g/mol. The molecule has 2 aliphatic rings. The molecular weight excluding hydrogens is 282 g/mol.